The van der Waals surface area contributed by atoms with Crippen molar-refractivity contribution in [3.8, 4) is 11.5 Å². The molecule has 1 atom stereocenters. The van der Waals surface area contributed by atoms with Crippen LogP contribution in [0.5, 0.6) is 11.5 Å². The molecule has 0 radical (unpaired) electrons. The average Bonchev–Trinajstić information content (AvgIpc) is 2.87. The zero-order valence-corrected chi connectivity index (χ0v) is 14.6. The summed E-state index contributed by atoms with van der Waals surface area (Å²) in [5.41, 5.74) is 3.13. The van der Waals surface area contributed by atoms with Crippen LogP contribution in [0.2, 0.25) is 0 Å². The van der Waals surface area contributed by atoms with Gasteiger partial charge in [-0.05, 0) is 30.7 Å². The first-order valence-corrected chi connectivity index (χ1v) is 8.63. The van der Waals surface area contributed by atoms with Crippen molar-refractivity contribution in [2.45, 2.75) is 26.1 Å². The van der Waals surface area contributed by atoms with Crippen molar-refractivity contribution in [3.63, 3.8) is 0 Å². The van der Waals surface area contributed by atoms with E-state index < -0.39 is 0 Å². The molecule has 3 aromatic rings. The molecule has 0 saturated heterocycles. The lowest BCUT2D eigenvalue weighted by Gasteiger charge is -2.17. The molecule has 26 heavy (non-hydrogen) atoms. The number of para-hydroxylation sites is 1. The number of pyridine rings is 1. The van der Waals surface area contributed by atoms with Crippen molar-refractivity contribution < 1.29 is 9.47 Å². The SMILES string of the molecule is C[C@@H](CNc1ncnc2c1Cc1ccccc1OC2)Oc1cccnc1. The van der Waals surface area contributed by atoms with Gasteiger partial charge in [0.05, 0.1) is 18.4 Å². The summed E-state index contributed by atoms with van der Waals surface area (Å²) in [6.45, 7) is 3.09. The minimum Gasteiger partial charge on any atom is -0.487 e. The maximum Gasteiger partial charge on any atom is 0.138 e. The predicted octanol–water partition coefficient (Wildman–Crippen LogP) is 3.23. The summed E-state index contributed by atoms with van der Waals surface area (Å²) in [7, 11) is 0. The van der Waals surface area contributed by atoms with Crippen LogP contribution in [0, 0.1) is 0 Å². The molecule has 0 fully saturated rings. The van der Waals surface area contributed by atoms with Gasteiger partial charge in [0.25, 0.3) is 0 Å². The smallest absolute Gasteiger partial charge is 0.138 e. The Kier molecular flexibility index (Phi) is 4.64. The Hall–Kier alpha value is -3.15. The number of anilines is 1. The molecule has 6 nitrogen and oxygen atoms in total. The van der Waals surface area contributed by atoms with E-state index in [4.69, 9.17) is 9.47 Å². The predicted molar refractivity (Wildman–Crippen MR) is 98.4 cm³/mol. The molecular formula is C20H20N4O2. The minimum absolute atomic E-state index is 0.0286. The third kappa shape index (κ3) is 3.59. The van der Waals surface area contributed by atoms with Crippen LogP contribution in [0.3, 0.4) is 0 Å². The lowest BCUT2D eigenvalue weighted by Crippen LogP contribution is -2.24. The Bertz CT molecular complexity index is 886. The van der Waals surface area contributed by atoms with Gasteiger partial charge in [0.15, 0.2) is 0 Å². The number of ether oxygens (including phenoxy) is 2. The van der Waals surface area contributed by atoms with Gasteiger partial charge in [-0.2, -0.15) is 0 Å². The van der Waals surface area contributed by atoms with E-state index in [9.17, 15) is 0 Å². The Morgan fingerprint density at radius 3 is 3.00 bits per heavy atom. The highest BCUT2D eigenvalue weighted by Crippen LogP contribution is 2.30. The number of aromatic nitrogens is 3. The van der Waals surface area contributed by atoms with Crippen molar-refractivity contribution in [2.24, 2.45) is 0 Å². The Morgan fingerprint density at radius 2 is 2.12 bits per heavy atom. The second kappa shape index (κ2) is 7.39. The van der Waals surface area contributed by atoms with Crippen molar-refractivity contribution in [1.29, 1.82) is 0 Å². The summed E-state index contributed by atoms with van der Waals surface area (Å²) in [4.78, 5) is 12.9. The van der Waals surface area contributed by atoms with Crippen LogP contribution in [0.1, 0.15) is 23.7 Å². The van der Waals surface area contributed by atoms with E-state index >= 15 is 0 Å². The maximum absolute atomic E-state index is 5.88. The molecule has 1 aromatic carbocycles. The number of nitrogens with zero attached hydrogens (tertiary/aromatic N) is 3. The normalized spacial score (nSPS) is 13.6. The molecule has 0 spiro atoms. The van der Waals surface area contributed by atoms with E-state index in [-0.39, 0.29) is 6.10 Å². The summed E-state index contributed by atoms with van der Waals surface area (Å²) in [5, 5.41) is 3.40. The quantitative estimate of drug-likeness (QED) is 0.763. The van der Waals surface area contributed by atoms with Crippen LogP contribution in [0.25, 0.3) is 0 Å². The van der Waals surface area contributed by atoms with Crippen molar-refractivity contribution in [1.82, 2.24) is 15.0 Å². The number of hydrogen-bond donors (Lipinski definition) is 1. The van der Waals surface area contributed by atoms with Gasteiger partial charge < -0.3 is 14.8 Å². The first-order chi connectivity index (χ1) is 12.8. The number of rotatable bonds is 5. The molecule has 4 rings (SSSR count). The van der Waals surface area contributed by atoms with Crippen molar-refractivity contribution >= 4 is 5.82 Å². The first kappa shape index (κ1) is 16.3. The van der Waals surface area contributed by atoms with Gasteiger partial charge >= 0.3 is 0 Å². The first-order valence-electron chi connectivity index (χ1n) is 8.63. The molecule has 1 N–H and O–H groups in total. The fourth-order valence-corrected chi connectivity index (χ4v) is 2.97. The topological polar surface area (TPSA) is 69.2 Å². The summed E-state index contributed by atoms with van der Waals surface area (Å²) < 4.78 is 11.8. The Balaban J connectivity index is 1.48. The molecule has 6 heteroatoms. The molecule has 0 amide bonds. The second-order valence-electron chi connectivity index (χ2n) is 6.22. The summed E-state index contributed by atoms with van der Waals surface area (Å²) in [5.74, 6) is 2.49. The van der Waals surface area contributed by atoms with E-state index in [1.54, 1.807) is 18.7 Å². The molecule has 0 bridgehead atoms. The molecule has 0 unspecified atom stereocenters. The average molecular weight is 348 g/mol. The third-order valence-electron chi connectivity index (χ3n) is 4.27. The second-order valence-corrected chi connectivity index (χ2v) is 6.22. The van der Waals surface area contributed by atoms with Crippen LogP contribution < -0.4 is 14.8 Å². The van der Waals surface area contributed by atoms with Crippen molar-refractivity contribution in [3.05, 3.63) is 71.9 Å². The van der Waals surface area contributed by atoms with Crippen LogP contribution in [-0.4, -0.2) is 27.6 Å². The number of hydrogen-bond acceptors (Lipinski definition) is 6. The monoisotopic (exact) mass is 348 g/mol. The minimum atomic E-state index is -0.0286. The van der Waals surface area contributed by atoms with Gasteiger partial charge in [0.1, 0.15) is 36.4 Å². The lowest BCUT2D eigenvalue weighted by atomic mass is 10.0. The fourth-order valence-electron chi connectivity index (χ4n) is 2.97. The van der Waals surface area contributed by atoms with Gasteiger partial charge in [-0.15, -0.1) is 0 Å². The summed E-state index contributed by atoms with van der Waals surface area (Å²) >= 11 is 0. The van der Waals surface area contributed by atoms with Gasteiger partial charge in [-0.3, -0.25) is 4.98 Å². The van der Waals surface area contributed by atoms with Crippen LogP contribution in [0.4, 0.5) is 5.82 Å². The lowest BCUT2D eigenvalue weighted by molar-refractivity contribution is 0.233. The Morgan fingerprint density at radius 1 is 1.19 bits per heavy atom. The molecule has 0 aliphatic carbocycles. The number of benzene rings is 1. The van der Waals surface area contributed by atoms with Crippen LogP contribution >= 0.6 is 0 Å². The van der Waals surface area contributed by atoms with E-state index in [0.717, 1.165) is 40.6 Å². The standard InChI is InChI=1S/C20H20N4O2/c1-14(26-16-6-4-8-21-11-16)10-22-20-17-9-15-5-2-3-7-19(15)25-12-18(17)23-13-24-20/h2-8,11,13-14H,9-10,12H2,1H3,(H,22,23,24)/t14-/m0/s1. The third-order valence-corrected chi connectivity index (χ3v) is 4.27. The van der Waals surface area contributed by atoms with E-state index in [1.165, 1.54) is 0 Å². The largest absolute Gasteiger partial charge is 0.487 e. The highest BCUT2D eigenvalue weighted by atomic mass is 16.5. The van der Waals surface area contributed by atoms with E-state index in [2.05, 4.69) is 26.3 Å². The van der Waals surface area contributed by atoms with E-state index in [1.807, 2.05) is 37.3 Å². The molecule has 1 aliphatic rings. The molecule has 3 heterocycles. The Labute approximate surface area is 152 Å². The highest BCUT2D eigenvalue weighted by molar-refractivity contribution is 5.51. The van der Waals surface area contributed by atoms with Gasteiger partial charge in [-0.1, -0.05) is 18.2 Å². The zero-order chi connectivity index (χ0) is 17.8. The number of nitrogens with one attached hydrogen (secondary N) is 1. The molecule has 0 saturated carbocycles. The van der Waals surface area contributed by atoms with Gasteiger partial charge in [0, 0.05) is 18.2 Å². The zero-order valence-electron chi connectivity index (χ0n) is 14.6. The summed E-state index contributed by atoms with van der Waals surface area (Å²) in [6.07, 6.45) is 5.73. The summed E-state index contributed by atoms with van der Waals surface area (Å²) in [6, 6.07) is 11.8. The fraction of sp³-hybridized carbons (Fsp3) is 0.250. The molecule has 1 aliphatic heterocycles. The van der Waals surface area contributed by atoms with E-state index in [0.29, 0.717) is 13.2 Å². The van der Waals surface area contributed by atoms with Gasteiger partial charge in [0.2, 0.25) is 0 Å². The van der Waals surface area contributed by atoms with Gasteiger partial charge in [-0.25, -0.2) is 9.97 Å². The molecule has 2 aromatic heterocycles. The number of fused-ring (bicyclic) bond motifs is 2. The molecule has 132 valence electrons. The van der Waals surface area contributed by atoms with Crippen LogP contribution in [0.15, 0.2) is 55.1 Å². The van der Waals surface area contributed by atoms with Crippen LogP contribution in [-0.2, 0) is 13.0 Å². The molecular weight excluding hydrogens is 328 g/mol. The van der Waals surface area contributed by atoms with Crippen molar-refractivity contribution in [2.75, 3.05) is 11.9 Å². The maximum atomic E-state index is 5.88. The highest BCUT2D eigenvalue weighted by Gasteiger charge is 2.19.